The number of aromatic nitrogens is 2. The molecule has 0 saturated heterocycles. The summed E-state index contributed by atoms with van der Waals surface area (Å²) in [5.74, 6) is 2.07. The first kappa shape index (κ1) is 17.6. The van der Waals surface area contributed by atoms with Gasteiger partial charge in [-0.1, -0.05) is 41.0 Å². The molecule has 25 heavy (non-hydrogen) atoms. The number of aryl methyl sites for hydroxylation is 1. The van der Waals surface area contributed by atoms with Gasteiger partial charge in [-0.2, -0.15) is 4.98 Å². The van der Waals surface area contributed by atoms with Crippen LogP contribution >= 0.6 is 11.6 Å². The van der Waals surface area contributed by atoms with Crippen molar-refractivity contribution in [3.8, 4) is 17.1 Å². The molecule has 0 saturated carbocycles. The highest BCUT2D eigenvalue weighted by atomic mass is 35.5. The number of benzene rings is 2. The molecule has 5 nitrogen and oxygen atoms in total. The van der Waals surface area contributed by atoms with Crippen molar-refractivity contribution >= 4 is 22.4 Å². The predicted octanol–water partition coefficient (Wildman–Crippen LogP) is 4.03. The summed E-state index contributed by atoms with van der Waals surface area (Å²) in [5.41, 5.74) is 1.81. The lowest BCUT2D eigenvalue weighted by atomic mass is 10.2. The van der Waals surface area contributed by atoms with Gasteiger partial charge in [0, 0.05) is 16.4 Å². The molecule has 0 spiro atoms. The van der Waals surface area contributed by atoms with E-state index in [9.17, 15) is 4.21 Å². The second kappa shape index (κ2) is 8.27. The summed E-state index contributed by atoms with van der Waals surface area (Å²) in [4.78, 5) is 4.26. The molecule has 3 rings (SSSR count). The van der Waals surface area contributed by atoms with Crippen LogP contribution in [0.3, 0.4) is 0 Å². The molecule has 0 aliphatic heterocycles. The average molecular weight is 377 g/mol. The van der Waals surface area contributed by atoms with Crippen molar-refractivity contribution in [1.82, 2.24) is 10.1 Å². The monoisotopic (exact) mass is 376 g/mol. The quantitative estimate of drug-likeness (QED) is 0.623. The Morgan fingerprint density at radius 3 is 2.84 bits per heavy atom. The second-order valence-corrected chi connectivity index (χ2v) is 7.43. The van der Waals surface area contributed by atoms with Gasteiger partial charge in [-0.3, -0.25) is 4.21 Å². The standard InChI is InChI=1S/C18H17ClN2O3S/c1-13-5-4-6-14(11-13)23-9-10-25(22)12-17-20-18(21-24-17)15-7-2-3-8-16(15)19/h2-8,11H,9-10,12H2,1H3/t25-/m1/s1. The zero-order chi connectivity index (χ0) is 17.6. The van der Waals surface area contributed by atoms with Crippen LogP contribution in [0.4, 0.5) is 0 Å². The number of ether oxygens (including phenoxy) is 1. The summed E-state index contributed by atoms with van der Waals surface area (Å²) in [6.45, 7) is 2.36. The van der Waals surface area contributed by atoms with Gasteiger partial charge in [0.15, 0.2) is 0 Å². The van der Waals surface area contributed by atoms with E-state index in [1.807, 2.05) is 49.4 Å². The maximum absolute atomic E-state index is 12.2. The highest BCUT2D eigenvalue weighted by Crippen LogP contribution is 2.25. The molecule has 1 atom stereocenters. The summed E-state index contributed by atoms with van der Waals surface area (Å²) >= 11 is 6.11. The molecule has 1 aromatic heterocycles. The Labute approximate surface area is 153 Å². The fraction of sp³-hybridized carbons (Fsp3) is 0.222. The van der Waals surface area contributed by atoms with Crippen LogP contribution in [0.1, 0.15) is 11.5 Å². The molecule has 2 aromatic carbocycles. The summed E-state index contributed by atoms with van der Waals surface area (Å²) in [6.07, 6.45) is 0. The lowest BCUT2D eigenvalue weighted by Crippen LogP contribution is -2.10. The first-order chi connectivity index (χ1) is 12.1. The van der Waals surface area contributed by atoms with Crippen LogP contribution < -0.4 is 4.74 Å². The Hall–Kier alpha value is -2.18. The molecule has 0 aliphatic rings. The average Bonchev–Trinajstić information content (AvgIpc) is 3.03. The van der Waals surface area contributed by atoms with E-state index in [0.29, 0.717) is 34.7 Å². The Balaban J connectivity index is 1.53. The highest BCUT2D eigenvalue weighted by molar-refractivity contribution is 7.84. The van der Waals surface area contributed by atoms with Gasteiger partial charge in [0.25, 0.3) is 0 Å². The van der Waals surface area contributed by atoms with Gasteiger partial charge in [0.1, 0.15) is 11.5 Å². The molecule has 0 aliphatic carbocycles. The van der Waals surface area contributed by atoms with E-state index >= 15 is 0 Å². The van der Waals surface area contributed by atoms with Gasteiger partial charge in [-0.05, 0) is 36.8 Å². The molecular weight excluding hydrogens is 360 g/mol. The number of hydrogen-bond acceptors (Lipinski definition) is 5. The molecule has 0 amide bonds. The summed E-state index contributed by atoms with van der Waals surface area (Å²) < 4.78 is 22.9. The zero-order valence-corrected chi connectivity index (χ0v) is 15.2. The minimum Gasteiger partial charge on any atom is -0.493 e. The zero-order valence-electron chi connectivity index (χ0n) is 13.6. The maximum Gasteiger partial charge on any atom is 0.239 e. The van der Waals surface area contributed by atoms with Crippen LogP contribution in [0.25, 0.3) is 11.4 Å². The molecule has 1 heterocycles. The molecule has 7 heteroatoms. The van der Waals surface area contributed by atoms with Crippen molar-refractivity contribution in [3.05, 3.63) is 65.0 Å². The van der Waals surface area contributed by atoms with Crippen LogP contribution in [0.15, 0.2) is 53.1 Å². The van der Waals surface area contributed by atoms with Gasteiger partial charge >= 0.3 is 0 Å². The number of nitrogens with zero attached hydrogens (tertiary/aromatic N) is 2. The Morgan fingerprint density at radius 1 is 1.20 bits per heavy atom. The lowest BCUT2D eigenvalue weighted by molar-refractivity contribution is 0.342. The van der Waals surface area contributed by atoms with E-state index < -0.39 is 10.8 Å². The minimum atomic E-state index is -1.15. The van der Waals surface area contributed by atoms with Gasteiger partial charge in [0.05, 0.1) is 17.4 Å². The molecule has 0 N–H and O–H groups in total. The molecule has 0 fully saturated rings. The van der Waals surface area contributed by atoms with E-state index in [1.54, 1.807) is 6.07 Å². The van der Waals surface area contributed by atoms with Crippen LogP contribution in [0.5, 0.6) is 5.75 Å². The molecule has 0 radical (unpaired) electrons. The van der Waals surface area contributed by atoms with E-state index in [4.69, 9.17) is 20.9 Å². The third-order valence-electron chi connectivity index (χ3n) is 3.44. The Morgan fingerprint density at radius 2 is 2.04 bits per heavy atom. The number of hydrogen-bond donors (Lipinski definition) is 0. The van der Waals surface area contributed by atoms with Gasteiger partial charge in [-0.25, -0.2) is 0 Å². The fourth-order valence-electron chi connectivity index (χ4n) is 2.23. The van der Waals surface area contributed by atoms with Crippen molar-refractivity contribution < 1.29 is 13.5 Å². The highest BCUT2D eigenvalue weighted by Gasteiger charge is 2.13. The molecular formula is C18H17ClN2O3S. The number of rotatable bonds is 7. The van der Waals surface area contributed by atoms with Crippen molar-refractivity contribution in [2.24, 2.45) is 0 Å². The SMILES string of the molecule is Cc1cccc(OCC[S@@](=O)Cc2nc(-c3ccccc3Cl)no2)c1. The third-order valence-corrected chi connectivity index (χ3v) is 4.96. The van der Waals surface area contributed by atoms with E-state index in [1.165, 1.54) is 0 Å². The topological polar surface area (TPSA) is 65.2 Å². The van der Waals surface area contributed by atoms with Crippen LogP contribution in [-0.4, -0.2) is 26.7 Å². The molecule has 130 valence electrons. The summed E-state index contributed by atoms with van der Waals surface area (Å²) in [6, 6.07) is 15.0. The predicted molar refractivity (Wildman–Crippen MR) is 98.1 cm³/mol. The molecule has 3 aromatic rings. The molecule has 0 unspecified atom stereocenters. The van der Waals surface area contributed by atoms with E-state index in [2.05, 4.69) is 10.1 Å². The normalized spacial score (nSPS) is 12.1. The van der Waals surface area contributed by atoms with Crippen molar-refractivity contribution in [3.63, 3.8) is 0 Å². The van der Waals surface area contributed by atoms with Crippen molar-refractivity contribution in [2.45, 2.75) is 12.7 Å². The molecule has 0 bridgehead atoms. The van der Waals surface area contributed by atoms with Gasteiger partial charge in [-0.15, -0.1) is 0 Å². The van der Waals surface area contributed by atoms with Crippen molar-refractivity contribution in [2.75, 3.05) is 12.4 Å². The largest absolute Gasteiger partial charge is 0.493 e. The summed E-state index contributed by atoms with van der Waals surface area (Å²) in [5, 5.41) is 4.45. The first-order valence-corrected chi connectivity index (χ1v) is 9.60. The van der Waals surface area contributed by atoms with Gasteiger partial charge < -0.3 is 9.26 Å². The van der Waals surface area contributed by atoms with Crippen LogP contribution in [0, 0.1) is 6.92 Å². The van der Waals surface area contributed by atoms with E-state index in [0.717, 1.165) is 11.3 Å². The van der Waals surface area contributed by atoms with E-state index in [-0.39, 0.29) is 5.75 Å². The first-order valence-electron chi connectivity index (χ1n) is 7.74. The maximum atomic E-state index is 12.2. The Kier molecular flexibility index (Phi) is 5.83. The van der Waals surface area contributed by atoms with Gasteiger partial charge in [0.2, 0.25) is 11.7 Å². The smallest absolute Gasteiger partial charge is 0.239 e. The second-order valence-electron chi connectivity index (χ2n) is 5.44. The fourth-order valence-corrected chi connectivity index (χ4v) is 3.26. The number of halogens is 1. The van der Waals surface area contributed by atoms with Crippen LogP contribution in [-0.2, 0) is 16.6 Å². The third kappa shape index (κ3) is 4.90. The van der Waals surface area contributed by atoms with Crippen molar-refractivity contribution in [1.29, 1.82) is 0 Å². The Bertz CT molecular complexity index is 882. The summed E-state index contributed by atoms with van der Waals surface area (Å²) in [7, 11) is -1.15. The minimum absolute atomic E-state index is 0.189. The lowest BCUT2D eigenvalue weighted by Gasteiger charge is -2.06. The van der Waals surface area contributed by atoms with Crippen LogP contribution in [0.2, 0.25) is 5.02 Å².